The molecule has 0 unspecified atom stereocenters. The zero-order chi connectivity index (χ0) is 18.4. The number of aryl methyl sites for hydroxylation is 1. The summed E-state index contributed by atoms with van der Waals surface area (Å²) >= 11 is 0. The molecule has 132 valence electrons. The highest BCUT2D eigenvalue weighted by Gasteiger charge is 2.05. The molecule has 8 heteroatoms. The Bertz CT molecular complexity index is 987. The van der Waals surface area contributed by atoms with Crippen molar-refractivity contribution in [3.8, 4) is 5.75 Å². The molecule has 0 radical (unpaired) electrons. The SMILES string of the molecule is Cc1n[nH]c(=O)nc1N/N=C\c1ccccc1OCc1ccccc1F. The summed E-state index contributed by atoms with van der Waals surface area (Å²) in [5.74, 6) is 0.494. The molecule has 26 heavy (non-hydrogen) atoms. The van der Waals surface area contributed by atoms with Gasteiger partial charge in [0.2, 0.25) is 0 Å². The van der Waals surface area contributed by atoms with Gasteiger partial charge in [0.15, 0.2) is 5.82 Å². The van der Waals surface area contributed by atoms with Crippen molar-refractivity contribution in [1.29, 1.82) is 0 Å². The molecule has 0 aliphatic carbocycles. The van der Waals surface area contributed by atoms with E-state index in [1.54, 1.807) is 37.3 Å². The second-order valence-electron chi connectivity index (χ2n) is 5.36. The average Bonchev–Trinajstić information content (AvgIpc) is 2.65. The van der Waals surface area contributed by atoms with Crippen LogP contribution in [0.25, 0.3) is 0 Å². The molecule has 3 rings (SSSR count). The highest BCUT2D eigenvalue weighted by molar-refractivity contribution is 5.83. The van der Waals surface area contributed by atoms with Gasteiger partial charge < -0.3 is 4.74 Å². The van der Waals surface area contributed by atoms with Crippen LogP contribution in [-0.2, 0) is 6.61 Å². The number of rotatable bonds is 6. The zero-order valence-corrected chi connectivity index (χ0v) is 13.9. The summed E-state index contributed by atoms with van der Waals surface area (Å²) in [4.78, 5) is 14.9. The third-order valence-corrected chi connectivity index (χ3v) is 3.51. The summed E-state index contributed by atoms with van der Waals surface area (Å²) < 4.78 is 19.4. The lowest BCUT2D eigenvalue weighted by Crippen LogP contribution is -2.15. The van der Waals surface area contributed by atoms with E-state index in [-0.39, 0.29) is 18.2 Å². The van der Waals surface area contributed by atoms with Crippen LogP contribution in [0.3, 0.4) is 0 Å². The van der Waals surface area contributed by atoms with E-state index < -0.39 is 5.69 Å². The summed E-state index contributed by atoms with van der Waals surface area (Å²) in [6, 6.07) is 13.7. The molecule has 2 aromatic carbocycles. The normalized spacial score (nSPS) is 10.8. The quantitative estimate of drug-likeness (QED) is 0.525. The van der Waals surface area contributed by atoms with Crippen molar-refractivity contribution in [3.05, 3.63) is 81.7 Å². The van der Waals surface area contributed by atoms with E-state index in [2.05, 4.69) is 25.7 Å². The molecule has 1 heterocycles. The number of benzene rings is 2. The predicted molar refractivity (Wildman–Crippen MR) is 95.8 cm³/mol. The Morgan fingerprint density at radius 1 is 1.23 bits per heavy atom. The van der Waals surface area contributed by atoms with Crippen LogP contribution < -0.4 is 15.9 Å². The van der Waals surface area contributed by atoms with Gasteiger partial charge in [-0.2, -0.15) is 15.2 Å². The number of halogens is 1. The number of hydrogen-bond donors (Lipinski definition) is 2. The lowest BCUT2D eigenvalue weighted by Gasteiger charge is -2.09. The van der Waals surface area contributed by atoms with Crippen LogP contribution in [-0.4, -0.2) is 21.4 Å². The molecule has 0 aliphatic rings. The van der Waals surface area contributed by atoms with E-state index >= 15 is 0 Å². The molecular formula is C18H16FN5O2. The molecular weight excluding hydrogens is 337 g/mol. The summed E-state index contributed by atoms with van der Waals surface area (Å²) in [5.41, 5.74) is 3.76. The highest BCUT2D eigenvalue weighted by Crippen LogP contribution is 2.18. The zero-order valence-electron chi connectivity index (χ0n) is 13.9. The standard InChI is InChI=1S/C18H16FN5O2/c1-12-17(21-18(25)24-22-12)23-20-10-13-6-3-5-9-16(13)26-11-14-7-2-4-8-15(14)19/h2-10H,11H2,1H3,(H2,21,23,24,25)/b20-10-. The first-order chi connectivity index (χ1) is 12.6. The summed E-state index contributed by atoms with van der Waals surface area (Å²) in [6.45, 7) is 1.79. The van der Waals surface area contributed by atoms with Crippen molar-refractivity contribution in [2.24, 2.45) is 5.10 Å². The number of nitrogens with zero attached hydrogens (tertiary/aromatic N) is 3. The lowest BCUT2D eigenvalue weighted by molar-refractivity contribution is 0.299. The van der Waals surface area contributed by atoms with E-state index in [1.165, 1.54) is 12.3 Å². The minimum absolute atomic E-state index is 0.101. The van der Waals surface area contributed by atoms with E-state index in [9.17, 15) is 9.18 Å². The van der Waals surface area contributed by atoms with Gasteiger partial charge in [0.05, 0.1) is 6.21 Å². The molecule has 2 N–H and O–H groups in total. The van der Waals surface area contributed by atoms with Crippen LogP contribution >= 0.6 is 0 Å². The van der Waals surface area contributed by atoms with Gasteiger partial charge in [-0.1, -0.05) is 30.3 Å². The number of anilines is 1. The molecule has 7 nitrogen and oxygen atoms in total. The maximum Gasteiger partial charge on any atom is 0.363 e. The molecule has 0 amide bonds. The number of hydrogen-bond acceptors (Lipinski definition) is 6. The first kappa shape index (κ1) is 17.3. The molecule has 0 saturated carbocycles. The van der Waals surface area contributed by atoms with E-state index in [4.69, 9.17) is 4.74 Å². The number of aromatic amines is 1. The van der Waals surface area contributed by atoms with Gasteiger partial charge >= 0.3 is 5.69 Å². The van der Waals surface area contributed by atoms with Crippen LogP contribution in [0.15, 0.2) is 58.4 Å². The number of ether oxygens (including phenoxy) is 1. The molecule has 0 spiro atoms. The van der Waals surface area contributed by atoms with Gasteiger partial charge in [-0.05, 0) is 25.1 Å². The minimum atomic E-state index is -0.568. The van der Waals surface area contributed by atoms with Gasteiger partial charge in [-0.25, -0.2) is 14.3 Å². The maximum absolute atomic E-state index is 13.7. The third-order valence-electron chi connectivity index (χ3n) is 3.51. The van der Waals surface area contributed by atoms with Crippen molar-refractivity contribution in [1.82, 2.24) is 15.2 Å². The summed E-state index contributed by atoms with van der Waals surface area (Å²) in [5, 5.41) is 10.1. The Hall–Kier alpha value is -3.55. The number of aromatic nitrogens is 3. The topological polar surface area (TPSA) is 92.3 Å². The van der Waals surface area contributed by atoms with Gasteiger partial charge in [0.25, 0.3) is 0 Å². The number of nitrogens with one attached hydrogen (secondary N) is 2. The average molecular weight is 353 g/mol. The molecule has 3 aromatic rings. The van der Waals surface area contributed by atoms with Crippen molar-refractivity contribution in [2.75, 3.05) is 5.43 Å². The Morgan fingerprint density at radius 3 is 2.85 bits per heavy atom. The van der Waals surface area contributed by atoms with Crippen molar-refractivity contribution in [2.45, 2.75) is 13.5 Å². The summed E-state index contributed by atoms with van der Waals surface area (Å²) in [6.07, 6.45) is 1.53. The molecule has 0 aliphatic heterocycles. The molecule has 0 bridgehead atoms. The van der Waals surface area contributed by atoms with Gasteiger partial charge in [0, 0.05) is 11.1 Å². The van der Waals surface area contributed by atoms with E-state index in [1.807, 2.05) is 12.1 Å². The monoisotopic (exact) mass is 353 g/mol. The van der Waals surface area contributed by atoms with Crippen molar-refractivity contribution in [3.63, 3.8) is 0 Å². The minimum Gasteiger partial charge on any atom is -0.488 e. The fourth-order valence-corrected chi connectivity index (χ4v) is 2.15. The van der Waals surface area contributed by atoms with Crippen LogP contribution in [0.4, 0.5) is 10.2 Å². The Balaban J connectivity index is 1.71. The second-order valence-corrected chi connectivity index (χ2v) is 5.36. The highest BCUT2D eigenvalue weighted by atomic mass is 19.1. The second kappa shape index (κ2) is 8.02. The van der Waals surface area contributed by atoms with E-state index in [0.29, 0.717) is 22.6 Å². The fraction of sp³-hybridized carbons (Fsp3) is 0.111. The largest absolute Gasteiger partial charge is 0.488 e. The number of para-hydroxylation sites is 1. The third kappa shape index (κ3) is 4.29. The fourth-order valence-electron chi connectivity index (χ4n) is 2.15. The Labute approximate surface area is 148 Å². The number of hydrazone groups is 1. The Morgan fingerprint density at radius 2 is 2.00 bits per heavy atom. The molecule has 1 aromatic heterocycles. The predicted octanol–water partition coefficient (Wildman–Crippen LogP) is 2.64. The van der Waals surface area contributed by atoms with Crippen LogP contribution in [0.1, 0.15) is 16.8 Å². The van der Waals surface area contributed by atoms with Gasteiger partial charge in [-0.3, -0.25) is 5.43 Å². The molecule has 0 saturated heterocycles. The van der Waals surface area contributed by atoms with Gasteiger partial charge in [-0.15, -0.1) is 0 Å². The van der Waals surface area contributed by atoms with Crippen molar-refractivity contribution >= 4 is 12.0 Å². The lowest BCUT2D eigenvalue weighted by atomic mass is 10.2. The van der Waals surface area contributed by atoms with Crippen molar-refractivity contribution < 1.29 is 9.13 Å². The van der Waals surface area contributed by atoms with Gasteiger partial charge in [0.1, 0.15) is 23.9 Å². The maximum atomic E-state index is 13.7. The molecule has 0 atom stereocenters. The van der Waals surface area contributed by atoms with Crippen LogP contribution in [0, 0.1) is 12.7 Å². The molecule has 0 fully saturated rings. The van der Waals surface area contributed by atoms with Crippen LogP contribution in [0.5, 0.6) is 5.75 Å². The summed E-state index contributed by atoms with van der Waals surface area (Å²) in [7, 11) is 0. The first-order valence-electron chi connectivity index (χ1n) is 7.81. The smallest absolute Gasteiger partial charge is 0.363 e. The van der Waals surface area contributed by atoms with Crippen LogP contribution in [0.2, 0.25) is 0 Å². The van der Waals surface area contributed by atoms with E-state index in [0.717, 1.165) is 0 Å². The first-order valence-corrected chi connectivity index (χ1v) is 7.81. The number of H-pyrrole nitrogens is 1. The Kier molecular flexibility index (Phi) is 5.33.